The van der Waals surface area contributed by atoms with Crippen LogP contribution in [0.25, 0.3) is 120 Å². The van der Waals surface area contributed by atoms with Gasteiger partial charge in [0.2, 0.25) is 0 Å². The highest BCUT2D eigenvalue weighted by Gasteiger charge is 2.18. The molecule has 0 N–H and O–H groups in total. The van der Waals surface area contributed by atoms with Crippen molar-refractivity contribution in [1.29, 1.82) is 0 Å². The minimum absolute atomic E-state index is 0.633. The third kappa shape index (κ3) is 5.58. The van der Waals surface area contributed by atoms with Crippen LogP contribution in [0.5, 0.6) is 0 Å². The molecule has 5 heteroatoms. The summed E-state index contributed by atoms with van der Waals surface area (Å²) < 4.78 is 2.56. The number of thiophene rings is 1. The van der Waals surface area contributed by atoms with Gasteiger partial charge in [0.1, 0.15) is 0 Å². The second-order valence-corrected chi connectivity index (χ2v) is 16.0. The van der Waals surface area contributed by atoms with Gasteiger partial charge in [0.05, 0.1) is 11.2 Å². The second kappa shape index (κ2) is 13.5. The van der Waals surface area contributed by atoms with Gasteiger partial charge in [-0.05, 0) is 61.6 Å². The van der Waals surface area contributed by atoms with Gasteiger partial charge in [-0.2, -0.15) is 0 Å². The number of fused-ring (bicyclic) bond motifs is 11. The average molecular weight is 769 g/mol. The quantitative estimate of drug-likeness (QED) is 0.164. The molecule has 12 aromatic rings. The summed E-state index contributed by atoms with van der Waals surface area (Å²) in [5.41, 5.74) is 8.20. The zero-order valence-corrected chi connectivity index (χ0v) is 32.5. The van der Waals surface area contributed by atoms with E-state index in [0.29, 0.717) is 17.5 Å². The maximum Gasteiger partial charge on any atom is 0.164 e. The Bertz CT molecular complexity index is 3560. The van der Waals surface area contributed by atoms with Crippen LogP contribution in [0.4, 0.5) is 0 Å². The normalized spacial score (nSPS) is 11.7. The highest BCUT2D eigenvalue weighted by Crippen LogP contribution is 2.43. The van der Waals surface area contributed by atoms with Crippen LogP contribution in [0.2, 0.25) is 0 Å². The van der Waals surface area contributed by atoms with Gasteiger partial charge in [-0.25, -0.2) is 19.9 Å². The zero-order valence-electron chi connectivity index (χ0n) is 31.7. The van der Waals surface area contributed by atoms with E-state index in [-0.39, 0.29) is 0 Å². The predicted octanol–water partition coefficient (Wildman–Crippen LogP) is 14.6. The predicted molar refractivity (Wildman–Crippen MR) is 248 cm³/mol. The van der Waals surface area contributed by atoms with E-state index in [1.807, 2.05) is 29.5 Å². The van der Waals surface area contributed by atoms with Gasteiger partial charge in [-0.1, -0.05) is 176 Å². The highest BCUT2D eigenvalue weighted by molar-refractivity contribution is 7.26. The minimum Gasteiger partial charge on any atom is -0.247 e. The van der Waals surface area contributed by atoms with Crippen molar-refractivity contribution in [3.63, 3.8) is 0 Å². The fourth-order valence-corrected chi connectivity index (χ4v) is 9.89. The summed E-state index contributed by atoms with van der Waals surface area (Å²) in [6.45, 7) is 0. The van der Waals surface area contributed by atoms with Gasteiger partial charge in [-0.3, -0.25) is 0 Å². The summed E-state index contributed by atoms with van der Waals surface area (Å²) in [5.74, 6) is 1.92. The van der Waals surface area contributed by atoms with Crippen molar-refractivity contribution >= 4 is 74.7 Å². The molecule has 274 valence electrons. The second-order valence-electron chi connectivity index (χ2n) is 15.0. The van der Waals surface area contributed by atoms with Gasteiger partial charge in [-0.15, -0.1) is 11.3 Å². The molecule has 0 amide bonds. The number of nitrogens with zero attached hydrogens (tertiary/aromatic N) is 4. The standard InChI is InChI=1S/C54H32N4S/c1-2-12-36(13-3-1)52-56-53(58-54(57-52)38-30-31-43-41-16-5-4-14-39(41)40-15-6-7-17-42(40)46(43)32-38)37-28-24-34(25-29-37)33-22-26-35(27-23-33)50-49-45-19-9-11-21-48(45)59-51(49)44-18-8-10-20-47(44)55-50/h1-32H. The van der Waals surface area contributed by atoms with E-state index < -0.39 is 0 Å². The lowest BCUT2D eigenvalue weighted by molar-refractivity contribution is 1.07. The zero-order chi connectivity index (χ0) is 38.9. The van der Waals surface area contributed by atoms with Crippen molar-refractivity contribution in [2.45, 2.75) is 0 Å². The van der Waals surface area contributed by atoms with E-state index >= 15 is 0 Å². The summed E-state index contributed by atoms with van der Waals surface area (Å²) in [6, 6.07) is 68.5. The molecular weight excluding hydrogens is 737 g/mol. The van der Waals surface area contributed by atoms with Crippen molar-refractivity contribution in [1.82, 2.24) is 19.9 Å². The molecule has 4 nitrogen and oxygen atoms in total. The van der Waals surface area contributed by atoms with E-state index in [4.69, 9.17) is 19.9 Å². The molecule has 3 heterocycles. The topological polar surface area (TPSA) is 51.6 Å². The molecule has 59 heavy (non-hydrogen) atoms. The van der Waals surface area contributed by atoms with E-state index in [1.165, 1.54) is 57.9 Å². The third-order valence-corrected chi connectivity index (χ3v) is 12.7. The van der Waals surface area contributed by atoms with Crippen molar-refractivity contribution in [3.8, 4) is 56.5 Å². The van der Waals surface area contributed by atoms with Gasteiger partial charge in [0.25, 0.3) is 0 Å². The van der Waals surface area contributed by atoms with Crippen LogP contribution in [0, 0.1) is 0 Å². The van der Waals surface area contributed by atoms with Gasteiger partial charge in [0, 0.05) is 47.8 Å². The van der Waals surface area contributed by atoms with Crippen LogP contribution >= 0.6 is 11.3 Å². The number of aromatic nitrogens is 4. The Kier molecular flexibility index (Phi) is 7.68. The highest BCUT2D eigenvalue weighted by atomic mass is 32.1. The molecule has 3 aromatic heterocycles. The lowest BCUT2D eigenvalue weighted by atomic mass is 9.93. The molecule has 12 rings (SSSR count). The van der Waals surface area contributed by atoms with E-state index in [9.17, 15) is 0 Å². The smallest absolute Gasteiger partial charge is 0.164 e. The molecule has 0 bridgehead atoms. The Morgan fingerprint density at radius 3 is 1.37 bits per heavy atom. The van der Waals surface area contributed by atoms with Crippen molar-refractivity contribution in [2.75, 3.05) is 0 Å². The molecule has 0 radical (unpaired) electrons. The third-order valence-electron chi connectivity index (χ3n) is 11.5. The van der Waals surface area contributed by atoms with Crippen LogP contribution in [0.3, 0.4) is 0 Å². The van der Waals surface area contributed by atoms with Gasteiger partial charge in [0.15, 0.2) is 17.5 Å². The maximum atomic E-state index is 5.23. The van der Waals surface area contributed by atoms with Gasteiger partial charge < -0.3 is 0 Å². The summed E-state index contributed by atoms with van der Waals surface area (Å²) in [6.07, 6.45) is 0. The first-order valence-corrected chi connectivity index (χ1v) is 20.6. The first-order valence-electron chi connectivity index (χ1n) is 19.8. The van der Waals surface area contributed by atoms with E-state index in [0.717, 1.165) is 44.6 Å². The first kappa shape index (κ1) is 33.5. The Balaban J connectivity index is 0.932. The number of pyridine rings is 1. The molecule has 0 saturated heterocycles. The molecular formula is C54H32N4S. The number of benzene rings is 9. The maximum absolute atomic E-state index is 5.23. The van der Waals surface area contributed by atoms with E-state index in [2.05, 4.69) is 176 Å². The Morgan fingerprint density at radius 2 is 0.729 bits per heavy atom. The molecule has 0 atom stereocenters. The fraction of sp³-hybridized carbons (Fsp3) is 0. The molecule has 0 aliphatic heterocycles. The molecule has 0 saturated carbocycles. The molecule has 0 spiro atoms. The lowest BCUT2D eigenvalue weighted by Crippen LogP contribution is -2.00. The number of rotatable bonds is 5. The summed E-state index contributed by atoms with van der Waals surface area (Å²) in [4.78, 5) is 20.5. The SMILES string of the molecule is c1ccc(-c2nc(-c3ccc(-c4ccc(-c5nc6ccccc6c6sc7ccccc7c56)cc4)cc3)nc(-c3ccc4c5ccccc5c5ccccc5c4c3)n2)cc1. The van der Waals surface area contributed by atoms with Gasteiger partial charge >= 0.3 is 0 Å². The molecule has 0 aliphatic rings. The minimum atomic E-state index is 0.633. The van der Waals surface area contributed by atoms with Crippen LogP contribution in [-0.4, -0.2) is 19.9 Å². The van der Waals surface area contributed by atoms with Crippen molar-refractivity contribution in [3.05, 3.63) is 194 Å². The number of para-hydroxylation sites is 1. The molecule has 0 aliphatic carbocycles. The average Bonchev–Trinajstić information content (AvgIpc) is 3.72. The Hall–Kier alpha value is -7.60. The summed E-state index contributed by atoms with van der Waals surface area (Å²) >= 11 is 1.85. The molecule has 9 aromatic carbocycles. The van der Waals surface area contributed by atoms with Crippen LogP contribution in [-0.2, 0) is 0 Å². The molecule has 0 unspecified atom stereocenters. The number of hydrogen-bond acceptors (Lipinski definition) is 5. The Labute approximate surface area is 343 Å². The lowest BCUT2D eigenvalue weighted by Gasteiger charge is -2.13. The first-order chi connectivity index (χ1) is 29.2. The Morgan fingerprint density at radius 1 is 0.288 bits per heavy atom. The van der Waals surface area contributed by atoms with Crippen LogP contribution in [0.1, 0.15) is 0 Å². The summed E-state index contributed by atoms with van der Waals surface area (Å²) in [5, 5.41) is 11.0. The largest absolute Gasteiger partial charge is 0.247 e. The monoisotopic (exact) mass is 768 g/mol. The van der Waals surface area contributed by atoms with Crippen LogP contribution < -0.4 is 0 Å². The van der Waals surface area contributed by atoms with Crippen LogP contribution in [0.15, 0.2) is 194 Å². The molecule has 0 fully saturated rings. The summed E-state index contributed by atoms with van der Waals surface area (Å²) in [7, 11) is 0. The van der Waals surface area contributed by atoms with E-state index in [1.54, 1.807) is 0 Å². The van der Waals surface area contributed by atoms with Crippen molar-refractivity contribution in [2.24, 2.45) is 0 Å². The van der Waals surface area contributed by atoms with Crippen molar-refractivity contribution < 1.29 is 0 Å². The fourth-order valence-electron chi connectivity index (χ4n) is 8.65. The number of hydrogen-bond donors (Lipinski definition) is 0.